The highest BCUT2D eigenvalue weighted by Gasteiger charge is 2.30. The molecular formula is C72H140O17P2. The molecule has 0 spiro atoms. The van der Waals surface area contributed by atoms with E-state index in [2.05, 4.69) is 48.5 Å². The Morgan fingerprint density at radius 1 is 0.319 bits per heavy atom. The zero-order valence-electron chi connectivity index (χ0n) is 59.3. The van der Waals surface area contributed by atoms with Crippen molar-refractivity contribution in [3.05, 3.63) is 0 Å². The van der Waals surface area contributed by atoms with E-state index in [9.17, 15) is 43.2 Å². The highest BCUT2D eigenvalue weighted by Crippen LogP contribution is 2.45. The molecule has 0 rings (SSSR count). The van der Waals surface area contributed by atoms with Crippen molar-refractivity contribution in [3.8, 4) is 0 Å². The van der Waals surface area contributed by atoms with Crippen molar-refractivity contribution in [2.24, 2.45) is 17.8 Å². The van der Waals surface area contributed by atoms with Gasteiger partial charge < -0.3 is 33.8 Å². The number of ether oxygens (including phenoxy) is 4. The Labute approximate surface area is 556 Å². The van der Waals surface area contributed by atoms with Gasteiger partial charge in [0.25, 0.3) is 0 Å². The lowest BCUT2D eigenvalue weighted by Crippen LogP contribution is -2.30. The summed E-state index contributed by atoms with van der Waals surface area (Å²) in [5, 5.41) is 10.6. The lowest BCUT2D eigenvalue weighted by molar-refractivity contribution is -0.161. The third kappa shape index (κ3) is 65.1. The first-order valence-corrected chi connectivity index (χ1v) is 40.4. The summed E-state index contributed by atoms with van der Waals surface area (Å²) in [6.45, 7) is 11.8. The van der Waals surface area contributed by atoms with E-state index in [1.54, 1.807) is 0 Å². The van der Waals surface area contributed by atoms with E-state index in [0.29, 0.717) is 31.6 Å². The van der Waals surface area contributed by atoms with Gasteiger partial charge in [0.2, 0.25) is 0 Å². The molecule has 0 saturated heterocycles. The summed E-state index contributed by atoms with van der Waals surface area (Å²) in [5.41, 5.74) is 0. The number of carbonyl (C=O) groups is 4. The monoisotopic (exact) mass is 1340 g/mol. The SMILES string of the molecule is CCCCCCCCCCCC(=O)OC[C@H](COP(=O)(O)OC[C@H](O)COP(=O)(O)OC[C@@H](COC(=O)CCCCCCCCCCC(C)C)OC(=O)CCCCCCCCCCCCCCCCCCCCC(C)CC)OC(=O)CCCCCCCCC(C)C. The van der Waals surface area contributed by atoms with Gasteiger partial charge >= 0.3 is 39.5 Å². The third-order valence-corrected chi connectivity index (χ3v) is 18.9. The van der Waals surface area contributed by atoms with Gasteiger partial charge in [0.15, 0.2) is 12.2 Å². The van der Waals surface area contributed by atoms with E-state index in [0.717, 1.165) is 102 Å². The van der Waals surface area contributed by atoms with Crippen molar-refractivity contribution in [1.82, 2.24) is 0 Å². The van der Waals surface area contributed by atoms with Crippen molar-refractivity contribution in [1.29, 1.82) is 0 Å². The van der Waals surface area contributed by atoms with Gasteiger partial charge in [-0.25, -0.2) is 9.13 Å². The van der Waals surface area contributed by atoms with Gasteiger partial charge in [-0.05, 0) is 43.4 Å². The lowest BCUT2D eigenvalue weighted by atomic mass is 9.99. The standard InChI is InChI=1S/C72H140O17P2/c1-8-10-11-12-13-24-31-39-46-53-69(74)82-60-68(89-72(77)56-49-42-35-34-37-44-51-64(5)6)62-87-91(80,81)85-58-66(73)57-84-90(78,79)86-61-67(59-83-70(75)54-47-40-32-28-27-29-36-43-50-63(3)4)88-71(76)55-48-41-33-26-23-21-19-17-15-14-16-18-20-22-25-30-38-45-52-65(7)9-2/h63-68,73H,8-62H2,1-7H3,(H,78,79)(H,80,81)/t65?,66-,67-,68-/m1/s1. The minimum absolute atomic E-state index is 0.102. The van der Waals surface area contributed by atoms with Crippen molar-refractivity contribution in [2.75, 3.05) is 39.6 Å². The molecular weight excluding hydrogens is 1200 g/mol. The van der Waals surface area contributed by atoms with Gasteiger partial charge in [-0.15, -0.1) is 0 Å². The lowest BCUT2D eigenvalue weighted by Gasteiger charge is -2.21. The highest BCUT2D eigenvalue weighted by atomic mass is 31.2. The summed E-state index contributed by atoms with van der Waals surface area (Å²) in [5.74, 6) is 0.136. The number of phosphoric ester groups is 2. The number of aliphatic hydroxyl groups is 1. The molecule has 540 valence electrons. The maximum atomic E-state index is 13.0. The van der Waals surface area contributed by atoms with Crippen LogP contribution in [-0.2, 0) is 65.4 Å². The molecule has 0 heterocycles. The molecule has 0 saturated carbocycles. The van der Waals surface area contributed by atoms with Crippen LogP contribution in [0.25, 0.3) is 0 Å². The van der Waals surface area contributed by atoms with Gasteiger partial charge in [-0.1, -0.05) is 312 Å². The molecule has 3 N–H and O–H groups in total. The molecule has 0 aromatic rings. The number of rotatable bonds is 70. The first kappa shape index (κ1) is 89.1. The van der Waals surface area contributed by atoms with Crippen LogP contribution in [0.4, 0.5) is 0 Å². The van der Waals surface area contributed by atoms with E-state index in [4.69, 9.17) is 37.0 Å². The summed E-state index contributed by atoms with van der Waals surface area (Å²) in [6, 6.07) is 0. The first-order valence-electron chi connectivity index (χ1n) is 37.4. The Morgan fingerprint density at radius 3 is 0.835 bits per heavy atom. The second-order valence-corrected chi connectivity index (χ2v) is 30.1. The van der Waals surface area contributed by atoms with Crippen molar-refractivity contribution in [2.45, 2.75) is 381 Å². The molecule has 0 bridgehead atoms. The maximum absolute atomic E-state index is 13.0. The maximum Gasteiger partial charge on any atom is 0.472 e. The third-order valence-electron chi connectivity index (χ3n) is 17.0. The molecule has 91 heavy (non-hydrogen) atoms. The Hall–Kier alpha value is -1.94. The number of esters is 4. The molecule has 0 aliphatic heterocycles. The molecule has 0 fully saturated rings. The highest BCUT2D eigenvalue weighted by molar-refractivity contribution is 7.47. The zero-order chi connectivity index (χ0) is 67.3. The summed E-state index contributed by atoms with van der Waals surface area (Å²) >= 11 is 0. The van der Waals surface area contributed by atoms with Crippen LogP contribution in [0.5, 0.6) is 0 Å². The van der Waals surface area contributed by atoms with E-state index in [1.165, 1.54) is 173 Å². The zero-order valence-corrected chi connectivity index (χ0v) is 61.1. The molecule has 0 aliphatic carbocycles. The summed E-state index contributed by atoms with van der Waals surface area (Å²) < 4.78 is 68.2. The van der Waals surface area contributed by atoms with E-state index >= 15 is 0 Å². The molecule has 0 amide bonds. The topological polar surface area (TPSA) is 237 Å². The predicted molar refractivity (Wildman–Crippen MR) is 368 cm³/mol. The Balaban J connectivity index is 5.13. The number of carbonyl (C=O) groups excluding carboxylic acids is 4. The first-order chi connectivity index (χ1) is 43.8. The molecule has 6 atom stereocenters. The minimum atomic E-state index is -4.95. The largest absolute Gasteiger partial charge is 0.472 e. The van der Waals surface area contributed by atoms with Gasteiger partial charge in [-0.3, -0.25) is 37.3 Å². The number of hydrogen-bond acceptors (Lipinski definition) is 15. The van der Waals surface area contributed by atoms with Gasteiger partial charge in [0, 0.05) is 25.7 Å². The number of unbranched alkanes of at least 4 members (excludes halogenated alkanes) is 37. The second kappa shape index (κ2) is 62.8. The molecule has 0 aliphatic rings. The quantitative estimate of drug-likeness (QED) is 0.0222. The number of aliphatic hydroxyl groups excluding tert-OH is 1. The average Bonchev–Trinajstić information content (AvgIpc) is 3.71. The fourth-order valence-corrected chi connectivity index (χ4v) is 12.4. The van der Waals surface area contributed by atoms with Crippen molar-refractivity contribution >= 4 is 39.5 Å². The van der Waals surface area contributed by atoms with E-state index in [-0.39, 0.29) is 25.7 Å². The Morgan fingerprint density at radius 2 is 0.560 bits per heavy atom. The average molecular weight is 1340 g/mol. The second-order valence-electron chi connectivity index (χ2n) is 27.2. The van der Waals surface area contributed by atoms with Crippen LogP contribution >= 0.6 is 15.6 Å². The fourth-order valence-electron chi connectivity index (χ4n) is 10.9. The van der Waals surface area contributed by atoms with Crippen LogP contribution in [-0.4, -0.2) is 96.7 Å². The Bertz CT molecular complexity index is 1790. The molecule has 17 nitrogen and oxygen atoms in total. The van der Waals surface area contributed by atoms with E-state index < -0.39 is 97.5 Å². The van der Waals surface area contributed by atoms with Gasteiger partial charge in [-0.2, -0.15) is 0 Å². The van der Waals surface area contributed by atoms with Crippen LogP contribution < -0.4 is 0 Å². The molecule has 0 aromatic carbocycles. The molecule has 0 aromatic heterocycles. The van der Waals surface area contributed by atoms with E-state index in [1.807, 2.05) is 0 Å². The smallest absolute Gasteiger partial charge is 0.462 e. The van der Waals surface area contributed by atoms with Gasteiger partial charge in [0.05, 0.1) is 26.4 Å². The van der Waals surface area contributed by atoms with Crippen LogP contribution in [0.3, 0.4) is 0 Å². The summed E-state index contributed by atoms with van der Waals surface area (Å²) in [6.07, 6.45) is 47.6. The van der Waals surface area contributed by atoms with Crippen molar-refractivity contribution < 1.29 is 80.2 Å². The number of hydrogen-bond donors (Lipinski definition) is 3. The van der Waals surface area contributed by atoms with Crippen LogP contribution in [0.1, 0.15) is 363 Å². The van der Waals surface area contributed by atoms with Crippen molar-refractivity contribution in [3.63, 3.8) is 0 Å². The summed E-state index contributed by atoms with van der Waals surface area (Å²) in [4.78, 5) is 72.4. The number of phosphoric acid groups is 2. The normalized spacial score (nSPS) is 14.5. The minimum Gasteiger partial charge on any atom is -0.462 e. The van der Waals surface area contributed by atoms with Crippen LogP contribution in [0.15, 0.2) is 0 Å². The molecule has 19 heteroatoms. The predicted octanol–water partition coefficient (Wildman–Crippen LogP) is 20.6. The van der Waals surface area contributed by atoms with Crippen LogP contribution in [0, 0.1) is 17.8 Å². The Kier molecular flexibility index (Phi) is 61.5. The van der Waals surface area contributed by atoms with Gasteiger partial charge in [0.1, 0.15) is 19.3 Å². The van der Waals surface area contributed by atoms with Crippen LogP contribution in [0.2, 0.25) is 0 Å². The summed E-state index contributed by atoms with van der Waals surface area (Å²) in [7, 11) is -9.90. The fraction of sp³-hybridized carbons (Fsp3) is 0.944. The molecule has 3 unspecified atom stereocenters. The molecule has 0 radical (unpaired) electrons.